The van der Waals surface area contributed by atoms with Gasteiger partial charge in [-0.15, -0.1) is 0 Å². The van der Waals surface area contributed by atoms with Crippen molar-refractivity contribution < 1.29 is 4.74 Å². The molecule has 4 heterocycles. The summed E-state index contributed by atoms with van der Waals surface area (Å²) in [5.41, 5.74) is 3.77. The Labute approximate surface area is 189 Å². The van der Waals surface area contributed by atoms with Gasteiger partial charge in [-0.25, -0.2) is 4.98 Å². The topological polar surface area (TPSA) is 54.4 Å². The number of anilines is 2. The predicted molar refractivity (Wildman–Crippen MR) is 127 cm³/mol. The van der Waals surface area contributed by atoms with E-state index < -0.39 is 0 Å². The summed E-state index contributed by atoms with van der Waals surface area (Å²) in [6.07, 6.45) is 10.1. The highest BCUT2D eigenvalue weighted by Gasteiger charge is 2.31. The van der Waals surface area contributed by atoms with Crippen molar-refractivity contribution in [3.8, 4) is 0 Å². The van der Waals surface area contributed by atoms with Crippen LogP contribution in [-0.4, -0.2) is 54.3 Å². The van der Waals surface area contributed by atoms with E-state index in [4.69, 9.17) is 14.7 Å². The number of fused-ring (bicyclic) bond motifs is 1. The van der Waals surface area contributed by atoms with Crippen LogP contribution in [0, 0.1) is 5.92 Å². The molecule has 6 nitrogen and oxygen atoms in total. The van der Waals surface area contributed by atoms with Crippen molar-refractivity contribution in [2.24, 2.45) is 5.92 Å². The molecular weight excluding hydrogens is 398 g/mol. The van der Waals surface area contributed by atoms with E-state index in [1.54, 1.807) is 0 Å². The highest BCUT2D eigenvalue weighted by atomic mass is 16.5. The molecule has 2 aliphatic heterocycles. The van der Waals surface area contributed by atoms with Crippen LogP contribution < -0.4 is 9.80 Å². The first-order valence-corrected chi connectivity index (χ1v) is 12.1. The molecule has 0 unspecified atom stereocenters. The molecule has 3 fully saturated rings. The van der Waals surface area contributed by atoms with Gasteiger partial charge in [-0.2, -0.15) is 4.98 Å². The van der Waals surface area contributed by atoms with Crippen molar-refractivity contribution in [1.29, 1.82) is 0 Å². The number of rotatable bonds is 5. The number of ether oxygens (including phenoxy) is 1. The molecule has 3 aliphatic rings. The summed E-state index contributed by atoms with van der Waals surface area (Å²) in [4.78, 5) is 19.6. The average molecular weight is 430 g/mol. The van der Waals surface area contributed by atoms with Crippen molar-refractivity contribution in [3.05, 3.63) is 53.9 Å². The normalized spacial score (nSPS) is 21.8. The van der Waals surface area contributed by atoms with Crippen LogP contribution in [0.3, 0.4) is 0 Å². The molecule has 2 aromatic heterocycles. The molecule has 2 saturated heterocycles. The standard InChI is InChI=1S/C26H31N5O/c1-2-5-19(6-3-1)15-20-7-4-10-31(18-20)25-24-22(21-8-9-21)16-27-17-23(24)28-26(29-25)30-11-13-32-14-12-30/h1-3,5-6,16-17,20-21H,4,7-15,18H2/t20-/m0/s1. The summed E-state index contributed by atoms with van der Waals surface area (Å²) < 4.78 is 5.56. The maximum atomic E-state index is 5.56. The molecule has 166 valence electrons. The van der Waals surface area contributed by atoms with Crippen LogP contribution in [0.25, 0.3) is 10.9 Å². The van der Waals surface area contributed by atoms with Crippen molar-refractivity contribution in [2.45, 2.75) is 38.0 Å². The molecule has 6 rings (SSSR count). The molecule has 0 amide bonds. The number of piperidine rings is 1. The zero-order valence-electron chi connectivity index (χ0n) is 18.6. The number of hydrogen-bond donors (Lipinski definition) is 0. The van der Waals surface area contributed by atoms with Gasteiger partial charge in [0.15, 0.2) is 0 Å². The molecule has 6 heteroatoms. The molecule has 0 bridgehead atoms. The Morgan fingerprint density at radius 2 is 1.75 bits per heavy atom. The average Bonchev–Trinajstić information content (AvgIpc) is 3.70. The third kappa shape index (κ3) is 4.04. The van der Waals surface area contributed by atoms with Crippen LogP contribution in [0.15, 0.2) is 42.7 Å². The first kappa shape index (κ1) is 19.9. The minimum absolute atomic E-state index is 0.618. The molecule has 1 aromatic carbocycles. The maximum Gasteiger partial charge on any atom is 0.228 e. The fourth-order valence-corrected chi connectivity index (χ4v) is 5.29. The van der Waals surface area contributed by atoms with Crippen molar-refractivity contribution in [3.63, 3.8) is 0 Å². The summed E-state index contributed by atoms with van der Waals surface area (Å²) >= 11 is 0. The lowest BCUT2D eigenvalue weighted by molar-refractivity contribution is 0.122. The van der Waals surface area contributed by atoms with Gasteiger partial charge in [0.25, 0.3) is 0 Å². The van der Waals surface area contributed by atoms with Crippen LogP contribution in [-0.2, 0) is 11.2 Å². The zero-order valence-corrected chi connectivity index (χ0v) is 18.6. The highest BCUT2D eigenvalue weighted by Crippen LogP contribution is 2.45. The van der Waals surface area contributed by atoms with E-state index in [2.05, 4.69) is 51.3 Å². The van der Waals surface area contributed by atoms with Gasteiger partial charge in [0.2, 0.25) is 5.95 Å². The molecular formula is C26H31N5O. The van der Waals surface area contributed by atoms with Gasteiger partial charge in [0.1, 0.15) is 5.82 Å². The molecule has 1 saturated carbocycles. The van der Waals surface area contributed by atoms with Crippen molar-refractivity contribution in [1.82, 2.24) is 15.0 Å². The van der Waals surface area contributed by atoms with E-state index in [1.807, 2.05) is 6.20 Å². The van der Waals surface area contributed by atoms with Gasteiger partial charge in [-0.1, -0.05) is 30.3 Å². The third-order valence-corrected chi connectivity index (χ3v) is 7.10. The summed E-state index contributed by atoms with van der Waals surface area (Å²) in [6, 6.07) is 10.9. The van der Waals surface area contributed by atoms with Crippen LogP contribution in [0.2, 0.25) is 0 Å². The number of hydrogen-bond acceptors (Lipinski definition) is 6. The Bertz CT molecular complexity index is 1080. The first-order valence-electron chi connectivity index (χ1n) is 12.1. The lowest BCUT2D eigenvalue weighted by atomic mass is 9.91. The van der Waals surface area contributed by atoms with E-state index in [0.29, 0.717) is 11.8 Å². The second-order valence-electron chi connectivity index (χ2n) is 9.49. The fourth-order valence-electron chi connectivity index (χ4n) is 5.29. The van der Waals surface area contributed by atoms with E-state index in [9.17, 15) is 0 Å². The SMILES string of the molecule is c1ccc(C[C@@H]2CCCN(c3nc(N4CCOCC4)nc4cncc(C5CC5)c34)C2)cc1. The molecule has 32 heavy (non-hydrogen) atoms. The number of benzene rings is 1. The monoisotopic (exact) mass is 429 g/mol. The number of nitrogens with zero attached hydrogens (tertiary/aromatic N) is 5. The third-order valence-electron chi connectivity index (χ3n) is 7.10. The number of aromatic nitrogens is 3. The van der Waals surface area contributed by atoms with Gasteiger partial charge in [-0.05, 0) is 55.1 Å². The van der Waals surface area contributed by atoms with Gasteiger partial charge in [-0.3, -0.25) is 4.98 Å². The Balaban J connectivity index is 1.37. The smallest absolute Gasteiger partial charge is 0.228 e. The van der Waals surface area contributed by atoms with E-state index in [0.717, 1.165) is 63.1 Å². The second kappa shape index (κ2) is 8.66. The van der Waals surface area contributed by atoms with E-state index in [1.165, 1.54) is 42.2 Å². The highest BCUT2D eigenvalue weighted by molar-refractivity contribution is 5.93. The van der Waals surface area contributed by atoms with Crippen LogP contribution in [0.5, 0.6) is 0 Å². The van der Waals surface area contributed by atoms with Crippen molar-refractivity contribution in [2.75, 3.05) is 49.2 Å². The van der Waals surface area contributed by atoms with Crippen LogP contribution in [0.1, 0.15) is 42.7 Å². The fraction of sp³-hybridized carbons (Fsp3) is 0.500. The predicted octanol–water partition coefficient (Wildman–Crippen LogP) is 4.20. The van der Waals surface area contributed by atoms with Crippen LogP contribution >= 0.6 is 0 Å². The molecule has 1 aliphatic carbocycles. The number of morpholine rings is 1. The van der Waals surface area contributed by atoms with Gasteiger partial charge >= 0.3 is 0 Å². The Kier molecular flexibility index (Phi) is 5.39. The lowest BCUT2D eigenvalue weighted by Gasteiger charge is -2.35. The summed E-state index contributed by atoms with van der Waals surface area (Å²) in [5, 5.41) is 1.24. The molecule has 0 N–H and O–H groups in total. The molecule has 3 aromatic rings. The van der Waals surface area contributed by atoms with E-state index in [-0.39, 0.29) is 0 Å². The molecule has 1 atom stereocenters. The quantitative estimate of drug-likeness (QED) is 0.606. The summed E-state index contributed by atoms with van der Waals surface area (Å²) in [6.45, 7) is 5.27. The zero-order chi connectivity index (χ0) is 21.3. The van der Waals surface area contributed by atoms with Crippen molar-refractivity contribution >= 4 is 22.7 Å². The summed E-state index contributed by atoms with van der Waals surface area (Å²) in [5.74, 6) is 3.22. The molecule has 0 radical (unpaired) electrons. The Morgan fingerprint density at radius 3 is 2.56 bits per heavy atom. The minimum atomic E-state index is 0.618. The number of pyridine rings is 1. The van der Waals surface area contributed by atoms with Gasteiger partial charge in [0.05, 0.1) is 24.9 Å². The summed E-state index contributed by atoms with van der Waals surface area (Å²) in [7, 11) is 0. The minimum Gasteiger partial charge on any atom is -0.378 e. The van der Waals surface area contributed by atoms with Crippen LogP contribution in [0.4, 0.5) is 11.8 Å². The molecule has 0 spiro atoms. The van der Waals surface area contributed by atoms with Gasteiger partial charge in [0, 0.05) is 37.8 Å². The van der Waals surface area contributed by atoms with Gasteiger partial charge < -0.3 is 14.5 Å². The maximum absolute atomic E-state index is 5.56. The Morgan fingerprint density at radius 1 is 0.906 bits per heavy atom. The lowest BCUT2D eigenvalue weighted by Crippen LogP contribution is -2.39. The largest absolute Gasteiger partial charge is 0.378 e. The van der Waals surface area contributed by atoms with E-state index >= 15 is 0 Å². The first-order chi connectivity index (χ1) is 15.8. The Hall–Kier alpha value is -2.73. The second-order valence-corrected chi connectivity index (χ2v) is 9.49.